The van der Waals surface area contributed by atoms with Crippen molar-refractivity contribution in [3.8, 4) is 0 Å². The maximum Gasteiger partial charge on any atom is 0.194 e. The molecule has 1 heterocycles. The molecular weight excluding hydrogens is 346 g/mol. The average Bonchev–Trinajstić information content (AvgIpc) is 2.67. The molecule has 0 amide bonds. The van der Waals surface area contributed by atoms with E-state index < -0.39 is 9.84 Å². The lowest BCUT2D eigenvalue weighted by molar-refractivity contribution is 0.379. The molecule has 26 heavy (non-hydrogen) atoms. The molecule has 0 fully saturated rings. The van der Waals surface area contributed by atoms with Gasteiger partial charge in [-0.2, -0.15) is 0 Å². The van der Waals surface area contributed by atoms with E-state index >= 15 is 0 Å². The average molecular weight is 372 g/mol. The van der Waals surface area contributed by atoms with Gasteiger partial charge < -0.3 is 10.2 Å². The third kappa shape index (κ3) is 4.43. The van der Waals surface area contributed by atoms with Gasteiger partial charge in [0.1, 0.15) is 0 Å². The molecule has 0 atom stereocenters. The fourth-order valence-corrected chi connectivity index (χ4v) is 4.26. The lowest BCUT2D eigenvalue weighted by atomic mass is 10.0. The summed E-state index contributed by atoms with van der Waals surface area (Å²) in [5.74, 6) is 0.793. The van der Waals surface area contributed by atoms with Crippen LogP contribution >= 0.6 is 0 Å². The molecule has 0 bridgehead atoms. The highest BCUT2D eigenvalue weighted by Gasteiger charge is 2.19. The van der Waals surface area contributed by atoms with Crippen LogP contribution < -0.4 is 5.32 Å². The molecule has 2 aromatic carbocycles. The molecule has 0 spiro atoms. The smallest absolute Gasteiger partial charge is 0.194 e. The first-order valence-corrected chi connectivity index (χ1v) is 10.6. The van der Waals surface area contributed by atoms with E-state index in [0.717, 1.165) is 32.0 Å². The number of nitrogens with one attached hydrogen (secondary N) is 1. The predicted molar refractivity (Wildman–Crippen MR) is 105 cm³/mol. The summed E-state index contributed by atoms with van der Waals surface area (Å²) >= 11 is 0. The van der Waals surface area contributed by atoms with Crippen LogP contribution in [0.1, 0.15) is 18.1 Å². The van der Waals surface area contributed by atoms with Crippen LogP contribution in [0, 0.1) is 0 Å². The van der Waals surface area contributed by atoms with Gasteiger partial charge in [-0.3, -0.25) is 4.99 Å². The molecule has 1 aliphatic heterocycles. The molecule has 0 radical (unpaired) electrons. The molecule has 0 saturated carbocycles. The van der Waals surface area contributed by atoms with E-state index in [1.165, 1.54) is 11.1 Å². The highest BCUT2D eigenvalue weighted by Crippen LogP contribution is 2.18. The fraction of sp³-hybridized carbons (Fsp3) is 0.350. The van der Waals surface area contributed by atoms with Gasteiger partial charge in [0.2, 0.25) is 0 Å². The first kappa shape index (κ1) is 18.5. The number of guanidine groups is 1. The van der Waals surface area contributed by atoms with Crippen LogP contribution in [-0.4, -0.2) is 44.7 Å². The van der Waals surface area contributed by atoms with E-state index in [4.69, 9.17) is 0 Å². The number of benzene rings is 2. The molecule has 3 rings (SSSR count). The maximum absolute atomic E-state index is 12.4. The standard InChI is InChI=1S/C20H25N3O2S/c1-2-21-20(23-14-12-17-8-6-7-9-18(17)16-23)22-13-15-26(24,25)19-10-4-3-5-11-19/h3-11H,2,12-16H2,1H3,(H,21,22). The lowest BCUT2D eigenvalue weighted by Crippen LogP contribution is -2.44. The predicted octanol–water partition coefficient (Wildman–Crippen LogP) is 2.48. The zero-order valence-corrected chi connectivity index (χ0v) is 15.9. The number of rotatable bonds is 5. The Morgan fingerprint density at radius 1 is 1.08 bits per heavy atom. The van der Waals surface area contributed by atoms with Gasteiger partial charge >= 0.3 is 0 Å². The molecular formula is C20H25N3O2S. The first-order chi connectivity index (χ1) is 12.6. The first-order valence-electron chi connectivity index (χ1n) is 8.98. The van der Waals surface area contributed by atoms with E-state index in [0.29, 0.717) is 4.90 Å². The van der Waals surface area contributed by atoms with E-state index in [1.54, 1.807) is 24.3 Å². The van der Waals surface area contributed by atoms with Crippen LogP contribution in [0.5, 0.6) is 0 Å². The Hall–Kier alpha value is -2.34. The molecule has 0 aromatic heterocycles. The summed E-state index contributed by atoms with van der Waals surface area (Å²) in [6, 6.07) is 17.0. The van der Waals surface area contributed by atoms with Crippen molar-refractivity contribution < 1.29 is 8.42 Å². The topological polar surface area (TPSA) is 61.8 Å². The van der Waals surface area contributed by atoms with Gasteiger partial charge in [0.25, 0.3) is 0 Å². The normalized spacial score (nSPS) is 14.8. The van der Waals surface area contributed by atoms with Crippen LogP contribution in [0.4, 0.5) is 0 Å². The molecule has 0 saturated heterocycles. The van der Waals surface area contributed by atoms with Crippen molar-refractivity contribution in [2.75, 3.05) is 25.4 Å². The van der Waals surface area contributed by atoms with Crippen LogP contribution in [-0.2, 0) is 22.8 Å². The summed E-state index contributed by atoms with van der Waals surface area (Å²) in [6.07, 6.45) is 0.975. The number of aliphatic imine (C=N–C) groups is 1. The Kier molecular flexibility index (Phi) is 5.93. The molecule has 1 aliphatic rings. The zero-order chi connectivity index (χ0) is 18.4. The Balaban J connectivity index is 1.68. The second-order valence-corrected chi connectivity index (χ2v) is 8.42. The van der Waals surface area contributed by atoms with Crippen LogP contribution in [0.15, 0.2) is 64.5 Å². The van der Waals surface area contributed by atoms with Gasteiger partial charge in [-0.25, -0.2) is 8.42 Å². The van der Waals surface area contributed by atoms with E-state index in [9.17, 15) is 8.42 Å². The summed E-state index contributed by atoms with van der Waals surface area (Å²) < 4.78 is 24.8. The van der Waals surface area contributed by atoms with Gasteiger partial charge in [-0.1, -0.05) is 42.5 Å². The monoisotopic (exact) mass is 371 g/mol. The summed E-state index contributed by atoms with van der Waals surface area (Å²) in [4.78, 5) is 7.12. The van der Waals surface area contributed by atoms with E-state index in [2.05, 4.69) is 39.5 Å². The molecule has 0 aliphatic carbocycles. The fourth-order valence-electron chi connectivity index (χ4n) is 3.12. The van der Waals surface area contributed by atoms with Gasteiger partial charge in [-0.15, -0.1) is 0 Å². The molecule has 6 heteroatoms. The largest absolute Gasteiger partial charge is 0.357 e. The minimum atomic E-state index is -3.30. The van der Waals surface area contributed by atoms with Crippen LogP contribution in [0.2, 0.25) is 0 Å². The molecule has 5 nitrogen and oxygen atoms in total. The van der Waals surface area contributed by atoms with Crippen molar-refractivity contribution in [2.45, 2.75) is 24.8 Å². The van der Waals surface area contributed by atoms with Crippen molar-refractivity contribution in [1.29, 1.82) is 0 Å². The number of nitrogens with zero attached hydrogens (tertiary/aromatic N) is 2. The minimum absolute atomic E-state index is 0.0103. The molecule has 0 unspecified atom stereocenters. The van der Waals surface area contributed by atoms with E-state index in [-0.39, 0.29) is 12.3 Å². The quantitative estimate of drug-likeness (QED) is 0.648. The van der Waals surface area contributed by atoms with Gasteiger partial charge in [0.05, 0.1) is 17.2 Å². The van der Waals surface area contributed by atoms with Crippen LogP contribution in [0.25, 0.3) is 0 Å². The Morgan fingerprint density at radius 3 is 2.50 bits per heavy atom. The lowest BCUT2D eigenvalue weighted by Gasteiger charge is -2.31. The Bertz CT molecular complexity index is 864. The third-order valence-electron chi connectivity index (χ3n) is 4.49. The number of fused-ring (bicyclic) bond motifs is 1. The van der Waals surface area contributed by atoms with Crippen molar-refractivity contribution >= 4 is 15.8 Å². The highest BCUT2D eigenvalue weighted by molar-refractivity contribution is 7.91. The molecule has 138 valence electrons. The number of hydrogen-bond acceptors (Lipinski definition) is 3. The summed E-state index contributed by atoms with van der Waals surface area (Å²) in [5, 5.41) is 3.29. The van der Waals surface area contributed by atoms with Gasteiger partial charge in [0.15, 0.2) is 15.8 Å². The second-order valence-electron chi connectivity index (χ2n) is 6.31. The van der Waals surface area contributed by atoms with Gasteiger partial charge in [-0.05, 0) is 36.6 Å². The summed E-state index contributed by atoms with van der Waals surface area (Å²) in [5.41, 5.74) is 2.69. The zero-order valence-electron chi connectivity index (χ0n) is 15.1. The SMILES string of the molecule is CCNC(=NCCS(=O)(=O)c1ccccc1)N1CCc2ccccc2C1. The molecule has 1 N–H and O–H groups in total. The van der Waals surface area contributed by atoms with Crippen molar-refractivity contribution in [2.24, 2.45) is 4.99 Å². The molecule has 2 aromatic rings. The maximum atomic E-state index is 12.4. The minimum Gasteiger partial charge on any atom is -0.357 e. The van der Waals surface area contributed by atoms with Crippen molar-refractivity contribution in [1.82, 2.24) is 10.2 Å². The van der Waals surface area contributed by atoms with E-state index in [1.807, 2.05) is 13.0 Å². The van der Waals surface area contributed by atoms with Crippen LogP contribution in [0.3, 0.4) is 0 Å². The highest BCUT2D eigenvalue weighted by atomic mass is 32.2. The van der Waals surface area contributed by atoms with Crippen molar-refractivity contribution in [3.05, 3.63) is 65.7 Å². The third-order valence-corrected chi connectivity index (χ3v) is 6.20. The summed E-state index contributed by atoms with van der Waals surface area (Å²) in [6.45, 7) is 4.70. The summed E-state index contributed by atoms with van der Waals surface area (Å²) in [7, 11) is -3.30. The Morgan fingerprint density at radius 2 is 1.77 bits per heavy atom. The Labute approximate surface area is 155 Å². The van der Waals surface area contributed by atoms with Crippen molar-refractivity contribution in [3.63, 3.8) is 0 Å². The van der Waals surface area contributed by atoms with Gasteiger partial charge in [0, 0.05) is 19.6 Å². The second kappa shape index (κ2) is 8.36. The number of hydrogen-bond donors (Lipinski definition) is 1. The number of sulfone groups is 1.